The topological polar surface area (TPSA) is 21.7 Å². The van der Waals surface area contributed by atoms with Crippen LogP contribution in [0.3, 0.4) is 0 Å². The van der Waals surface area contributed by atoms with Gasteiger partial charge in [0.1, 0.15) is 0 Å². The Kier molecular flexibility index (Phi) is 2.88. The molecule has 3 nitrogen and oxygen atoms in total. The molecule has 3 aliphatic rings. The molecule has 0 unspecified atom stereocenters. The number of halogens is 2. The van der Waals surface area contributed by atoms with Gasteiger partial charge in [0, 0.05) is 0 Å². The third kappa shape index (κ3) is 1.73. The summed E-state index contributed by atoms with van der Waals surface area (Å²) in [4.78, 5) is 1.90. The van der Waals surface area contributed by atoms with E-state index in [1.807, 2.05) is 35.2 Å². The number of hydrogen-bond acceptors (Lipinski definition) is 3. The molecule has 0 fully saturated rings. The van der Waals surface area contributed by atoms with Gasteiger partial charge in [0.25, 0.3) is 0 Å². The first-order valence-electron chi connectivity index (χ1n) is 9.64. The van der Waals surface area contributed by atoms with Crippen LogP contribution in [0.2, 0.25) is 0 Å². The van der Waals surface area contributed by atoms with Crippen LogP contribution in [0.15, 0.2) is 84.9 Å². The van der Waals surface area contributed by atoms with Crippen molar-refractivity contribution in [3.8, 4) is 23.0 Å². The Morgan fingerprint density at radius 3 is 1.53 bits per heavy atom. The van der Waals surface area contributed by atoms with Gasteiger partial charge < -0.3 is 0 Å². The molecule has 4 aromatic carbocycles. The van der Waals surface area contributed by atoms with Crippen LogP contribution in [0.5, 0.6) is 23.0 Å². The van der Waals surface area contributed by atoms with Gasteiger partial charge in [0.15, 0.2) is 0 Å². The van der Waals surface area contributed by atoms with E-state index in [0.29, 0.717) is 11.4 Å². The predicted molar refractivity (Wildman–Crippen MR) is 115 cm³/mol. The molecule has 0 saturated carbocycles. The Bertz CT molecular complexity index is 1320. The van der Waals surface area contributed by atoms with Crippen LogP contribution in [-0.4, -0.2) is 18.6 Å². The predicted octanol–water partition coefficient (Wildman–Crippen LogP) is 5.04. The van der Waals surface area contributed by atoms with Crippen LogP contribution in [0, 0.1) is 0 Å². The number of para-hydroxylation sites is 1. The summed E-state index contributed by atoms with van der Waals surface area (Å²) >= 11 is -6.85. The number of rotatable bonds is 1. The van der Waals surface area contributed by atoms with Crippen molar-refractivity contribution in [1.29, 1.82) is 0 Å². The number of anilines is 3. The van der Waals surface area contributed by atoms with Crippen molar-refractivity contribution in [2.45, 2.75) is 0 Å². The summed E-state index contributed by atoms with van der Waals surface area (Å²) in [5.41, 5.74) is 1.79. The van der Waals surface area contributed by atoms with Gasteiger partial charge in [-0.3, -0.25) is 0 Å². The average molecular weight is 508 g/mol. The van der Waals surface area contributed by atoms with Crippen LogP contribution in [-0.2, 0) is 0 Å². The molecule has 6 heteroatoms. The molecule has 146 valence electrons. The number of nitrogens with zero attached hydrogens (tertiary/aromatic N) is 1. The van der Waals surface area contributed by atoms with Gasteiger partial charge >= 0.3 is 174 Å². The molecule has 0 spiro atoms. The molecule has 0 radical (unpaired) electrons. The van der Waals surface area contributed by atoms with Crippen molar-refractivity contribution < 1.29 is 15.1 Å². The van der Waals surface area contributed by atoms with E-state index in [2.05, 4.69) is 0 Å². The molecule has 4 aromatic rings. The van der Waals surface area contributed by atoms with E-state index in [4.69, 9.17) is 9.47 Å². The number of hydrogen-bond donors (Lipinski definition) is 0. The normalized spacial score (nSPS) is 18.9. The first-order chi connectivity index (χ1) is 14.6. The summed E-state index contributed by atoms with van der Waals surface area (Å²) in [5, 5.41) is 0. The molecule has 7 rings (SSSR count). The third-order valence-electron chi connectivity index (χ3n) is 6.03. The van der Waals surface area contributed by atoms with Crippen molar-refractivity contribution in [2.75, 3.05) is 4.90 Å². The zero-order valence-corrected chi connectivity index (χ0v) is 18.1. The molecular weight excluding hydrogens is 494 g/mol. The summed E-state index contributed by atoms with van der Waals surface area (Å²) in [5.74, 6) is 0.898. The van der Waals surface area contributed by atoms with Gasteiger partial charge in [-0.15, -0.1) is 0 Å². The fraction of sp³-hybridized carbons (Fsp3) is 0. The molecule has 0 saturated heterocycles. The summed E-state index contributed by atoms with van der Waals surface area (Å²) in [6.45, 7) is 0. The van der Waals surface area contributed by atoms with Gasteiger partial charge in [-0.2, -0.15) is 0 Å². The van der Waals surface area contributed by atoms with E-state index in [-0.39, 0.29) is 33.5 Å². The van der Waals surface area contributed by atoms with Crippen molar-refractivity contribution in [3.63, 3.8) is 0 Å². The maximum atomic E-state index is 17.6. The number of ether oxygens (including phenoxy) is 2. The molecular formula is C24H14F2NO2Sb. The van der Waals surface area contributed by atoms with Gasteiger partial charge in [-0.05, 0) is 0 Å². The minimum absolute atomic E-state index is 0.0297. The Balaban J connectivity index is 1.71. The van der Waals surface area contributed by atoms with Crippen LogP contribution in [0.1, 0.15) is 0 Å². The monoisotopic (exact) mass is 507 g/mol. The molecule has 0 aliphatic carbocycles. The SMILES string of the molecule is [F][Sb]12([F])[c]3c4cccc3Oc3cccc([c]31)N(c1ccccc1)c1cccc([c]12)O4. The van der Waals surface area contributed by atoms with Crippen LogP contribution in [0.4, 0.5) is 22.7 Å². The number of benzene rings is 4. The van der Waals surface area contributed by atoms with E-state index >= 15 is 5.63 Å². The van der Waals surface area contributed by atoms with E-state index in [1.54, 1.807) is 54.6 Å². The second-order valence-corrected chi connectivity index (χ2v) is 16.6. The molecule has 0 amide bonds. The fourth-order valence-corrected chi connectivity index (χ4v) is 15.9. The van der Waals surface area contributed by atoms with Crippen molar-refractivity contribution in [1.82, 2.24) is 0 Å². The van der Waals surface area contributed by atoms with Gasteiger partial charge in [-0.1, -0.05) is 0 Å². The van der Waals surface area contributed by atoms with Crippen molar-refractivity contribution >= 4 is 46.2 Å². The van der Waals surface area contributed by atoms with Crippen molar-refractivity contribution in [2.24, 2.45) is 0 Å². The van der Waals surface area contributed by atoms with Crippen LogP contribution in [0.25, 0.3) is 0 Å². The Hall–Kier alpha value is -3.04. The minimum atomic E-state index is -6.85. The van der Waals surface area contributed by atoms with Crippen molar-refractivity contribution in [3.05, 3.63) is 84.9 Å². The third-order valence-corrected chi connectivity index (χ3v) is 16.6. The Morgan fingerprint density at radius 1 is 0.533 bits per heavy atom. The molecule has 0 bridgehead atoms. The standard InChI is InChI=1S/C24H14NO2.2FH.Sb/c1-2-7-18(8-3-1)25-19-9-4-11-21(15-19)26-23-13-6-14-24(17-23)27-22-12-5-10-20(25)16-22;;;/h1-14H;2*1H;/q;;;+2/p-2. The van der Waals surface area contributed by atoms with E-state index in [9.17, 15) is 0 Å². The Morgan fingerprint density at radius 2 is 1.00 bits per heavy atom. The molecule has 0 aromatic heterocycles. The van der Waals surface area contributed by atoms with Gasteiger partial charge in [0.05, 0.1) is 0 Å². The Labute approximate surface area is 173 Å². The summed E-state index contributed by atoms with van der Waals surface area (Å²) in [6.07, 6.45) is 0. The van der Waals surface area contributed by atoms with Crippen LogP contribution >= 0.6 is 0 Å². The average Bonchev–Trinajstić information content (AvgIpc) is 2.74. The van der Waals surface area contributed by atoms with Crippen LogP contribution < -0.4 is 24.9 Å². The second kappa shape index (κ2) is 5.16. The first kappa shape index (κ1) is 16.7. The molecule has 3 aliphatic heterocycles. The molecule has 0 atom stereocenters. The van der Waals surface area contributed by atoms with Gasteiger partial charge in [0.2, 0.25) is 0 Å². The van der Waals surface area contributed by atoms with E-state index in [0.717, 1.165) is 5.69 Å². The first-order valence-corrected chi connectivity index (χ1v) is 15.4. The molecule has 30 heavy (non-hydrogen) atoms. The van der Waals surface area contributed by atoms with E-state index < -0.39 is 18.6 Å². The quantitative estimate of drug-likeness (QED) is 0.297. The maximum absolute atomic E-state index is 17.6. The molecule has 3 heterocycles. The van der Waals surface area contributed by atoms with E-state index in [1.165, 1.54) is 0 Å². The summed E-state index contributed by atoms with van der Waals surface area (Å²) in [6, 6.07) is 24.9. The summed E-state index contributed by atoms with van der Waals surface area (Å²) < 4.78 is 47.4. The van der Waals surface area contributed by atoms with Gasteiger partial charge in [-0.25, -0.2) is 0 Å². The molecule has 0 N–H and O–H groups in total. The zero-order valence-electron chi connectivity index (χ0n) is 15.5. The summed E-state index contributed by atoms with van der Waals surface area (Å²) in [7, 11) is 0. The second-order valence-electron chi connectivity index (χ2n) is 7.63. The fourth-order valence-electron chi connectivity index (χ4n) is 4.95. The zero-order chi connectivity index (χ0) is 20.1.